The van der Waals surface area contributed by atoms with Gasteiger partial charge >= 0.3 is 0 Å². The van der Waals surface area contributed by atoms with Gasteiger partial charge in [0.05, 0.1) is 0 Å². The highest BCUT2D eigenvalue weighted by Crippen LogP contribution is 2.15. The molecule has 0 bridgehead atoms. The highest BCUT2D eigenvalue weighted by Gasteiger charge is 2.07. The van der Waals surface area contributed by atoms with Crippen molar-refractivity contribution in [3.63, 3.8) is 0 Å². The monoisotopic (exact) mass is 155 g/mol. The Hall–Kier alpha value is -1.19. The van der Waals surface area contributed by atoms with E-state index in [2.05, 4.69) is 9.97 Å². The summed E-state index contributed by atoms with van der Waals surface area (Å²) in [5.41, 5.74) is 5.66. The zero-order chi connectivity index (χ0) is 8.43. The minimum Gasteiger partial charge on any atom is -0.368 e. The van der Waals surface area contributed by atoms with Crippen LogP contribution in [0.4, 0.5) is 10.3 Å². The second-order valence-electron chi connectivity index (χ2n) is 2.63. The average Bonchev–Trinajstić information content (AvgIpc) is 1.85. The highest BCUT2D eigenvalue weighted by molar-refractivity contribution is 5.20. The van der Waals surface area contributed by atoms with Crippen molar-refractivity contribution < 1.29 is 4.39 Å². The zero-order valence-electron chi connectivity index (χ0n) is 6.50. The summed E-state index contributed by atoms with van der Waals surface area (Å²) in [5.74, 6) is -0.449. The molecule has 11 heavy (non-hydrogen) atoms. The molecule has 60 valence electrons. The molecule has 0 unspecified atom stereocenters. The number of hydrogen-bond donors (Lipinski definition) is 1. The van der Waals surface area contributed by atoms with E-state index in [-0.39, 0.29) is 11.9 Å². The van der Waals surface area contributed by atoms with Gasteiger partial charge in [-0.05, 0) is 5.92 Å². The first-order valence-corrected chi connectivity index (χ1v) is 3.39. The predicted molar refractivity (Wildman–Crippen MR) is 40.5 cm³/mol. The molecule has 4 heteroatoms. The van der Waals surface area contributed by atoms with Crippen LogP contribution in [0.15, 0.2) is 6.20 Å². The molecule has 0 saturated heterocycles. The van der Waals surface area contributed by atoms with Gasteiger partial charge in [0, 0.05) is 11.8 Å². The molecule has 0 atom stereocenters. The number of hydrogen-bond acceptors (Lipinski definition) is 3. The van der Waals surface area contributed by atoms with Crippen LogP contribution in [-0.2, 0) is 0 Å². The number of nitrogen functional groups attached to an aromatic ring is 1. The van der Waals surface area contributed by atoms with Crippen LogP contribution in [0, 0.1) is 5.95 Å². The van der Waals surface area contributed by atoms with Crippen LogP contribution in [-0.4, -0.2) is 9.97 Å². The first-order valence-electron chi connectivity index (χ1n) is 3.39. The molecule has 0 amide bonds. The molecule has 1 rings (SSSR count). The number of nitrogens with zero attached hydrogens (tertiary/aromatic N) is 2. The standard InChI is InChI=1S/C7H10FN3/c1-4(2)5-3-10-7(9)11-6(5)8/h3-4H,1-2H3,(H2,9,10,11). The Morgan fingerprint density at radius 1 is 1.55 bits per heavy atom. The number of halogens is 1. The normalized spacial score (nSPS) is 10.5. The van der Waals surface area contributed by atoms with E-state index in [4.69, 9.17) is 5.73 Å². The fourth-order valence-electron chi connectivity index (χ4n) is 0.770. The van der Waals surface area contributed by atoms with E-state index in [1.165, 1.54) is 6.20 Å². The van der Waals surface area contributed by atoms with Crippen molar-refractivity contribution in [3.05, 3.63) is 17.7 Å². The summed E-state index contributed by atoms with van der Waals surface area (Å²) in [6.45, 7) is 3.75. The molecule has 0 spiro atoms. The van der Waals surface area contributed by atoms with Gasteiger partial charge in [-0.3, -0.25) is 0 Å². The molecular formula is C7H10FN3. The maximum atomic E-state index is 12.9. The Morgan fingerprint density at radius 3 is 2.64 bits per heavy atom. The van der Waals surface area contributed by atoms with E-state index in [0.29, 0.717) is 5.56 Å². The van der Waals surface area contributed by atoms with E-state index in [1.807, 2.05) is 13.8 Å². The summed E-state index contributed by atoms with van der Waals surface area (Å²) in [7, 11) is 0. The van der Waals surface area contributed by atoms with Gasteiger partial charge in [-0.1, -0.05) is 13.8 Å². The second kappa shape index (κ2) is 2.82. The van der Waals surface area contributed by atoms with Crippen molar-refractivity contribution >= 4 is 5.95 Å². The molecule has 0 aliphatic heterocycles. The largest absolute Gasteiger partial charge is 0.368 e. The number of nitrogens with two attached hydrogens (primary N) is 1. The summed E-state index contributed by atoms with van der Waals surface area (Å²) in [5, 5.41) is 0. The van der Waals surface area contributed by atoms with Crippen LogP contribution in [0.5, 0.6) is 0 Å². The molecule has 1 aromatic rings. The van der Waals surface area contributed by atoms with Gasteiger partial charge < -0.3 is 5.73 Å². The molecule has 0 aromatic carbocycles. The minimum absolute atomic E-state index is 0.0214. The van der Waals surface area contributed by atoms with E-state index >= 15 is 0 Å². The third-order valence-corrected chi connectivity index (χ3v) is 1.41. The maximum Gasteiger partial charge on any atom is 0.222 e. The quantitative estimate of drug-likeness (QED) is 0.622. The summed E-state index contributed by atoms with van der Waals surface area (Å²) in [6, 6.07) is 0. The Balaban J connectivity index is 3.09. The highest BCUT2D eigenvalue weighted by atomic mass is 19.1. The summed E-state index contributed by atoms with van der Waals surface area (Å²) >= 11 is 0. The van der Waals surface area contributed by atoms with Gasteiger partial charge in [-0.2, -0.15) is 9.37 Å². The third kappa shape index (κ3) is 1.63. The van der Waals surface area contributed by atoms with Gasteiger partial charge in [-0.15, -0.1) is 0 Å². The Morgan fingerprint density at radius 2 is 2.18 bits per heavy atom. The fourth-order valence-corrected chi connectivity index (χ4v) is 0.770. The van der Waals surface area contributed by atoms with Crippen molar-refractivity contribution in [2.45, 2.75) is 19.8 Å². The zero-order valence-corrected chi connectivity index (χ0v) is 6.50. The van der Waals surface area contributed by atoms with Crippen molar-refractivity contribution in [1.82, 2.24) is 9.97 Å². The summed E-state index contributed by atoms with van der Waals surface area (Å²) in [6.07, 6.45) is 1.42. The lowest BCUT2D eigenvalue weighted by molar-refractivity contribution is 0.554. The van der Waals surface area contributed by atoms with Gasteiger partial charge in [0.2, 0.25) is 11.9 Å². The molecule has 3 nitrogen and oxygen atoms in total. The first-order chi connectivity index (χ1) is 5.11. The molecule has 0 fully saturated rings. The van der Waals surface area contributed by atoms with Crippen molar-refractivity contribution in [2.75, 3.05) is 5.73 Å². The second-order valence-corrected chi connectivity index (χ2v) is 2.63. The Bertz CT molecular complexity index is 260. The molecule has 0 aliphatic carbocycles. The van der Waals surface area contributed by atoms with E-state index in [1.54, 1.807) is 0 Å². The molecule has 0 saturated carbocycles. The summed E-state index contributed by atoms with van der Waals surface area (Å²) < 4.78 is 12.9. The predicted octanol–water partition coefficient (Wildman–Crippen LogP) is 1.32. The molecule has 0 aliphatic rings. The van der Waals surface area contributed by atoms with Crippen LogP contribution in [0.3, 0.4) is 0 Å². The van der Waals surface area contributed by atoms with Crippen molar-refractivity contribution in [1.29, 1.82) is 0 Å². The lowest BCUT2D eigenvalue weighted by Gasteiger charge is -2.04. The van der Waals surface area contributed by atoms with E-state index < -0.39 is 5.95 Å². The van der Waals surface area contributed by atoms with Crippen LogP contribution in [0.25, 0.3) is 0 Å². The number of anilines is 1. The van der Waals surface area contributed by atoms with Crippen LogP contribution in [0.2, 0.25) is 0 Å². The van der Waals surface area contributed by atoms with Crippen LogP contribution in [0.1, 0.15) is 25.3 Å². The van der Waals surface area contributed by atoms with E-state index in [9.17, 15) is 4.39 Å². The van der Waals surface area contributed by atoms with Crippen molar-refractivity contribution in [3.8, 4) is 0 Å². The lowest BCUT2D eigenvalue weighted by atomic mass is 10.1. The third-order valence-electron chi connectivity index (χ3n) is 1.41. The first kappa shape index (κ1) is 7.91. The van der Waals surface area contributed by atoms with Gasteiger partial charge in [0.15, 0.2) is 0 Å². The fraction of sp³-hybridized carbons (Fsp3) is 0.429. The van der Waals surface area contributed by atoms with Crippen LogP contribution >= 0.6 is 0 Å². The van der Waals surface area contributed by atoms with Gasteiger partial charge in [-0.25, -0.2) is 4.98 Å². The SMILES string of the molecule is CC(C)c1cnc(N)nc1F. The number of aromatic nitrogens is 2. The van der Waals surface area contributed by atoms with Gasteiger partial charge in [0.25, 0.3) is 0 Å². The maximum absolute atomic E-state index is 12.9. The molecule has 0 radical (unpaired) electrons. The van der Waals surface area contributed by atoms with Crippen LogP contribution < -0.4 is 5.73 Å². The molecule has 1 heterocycles. The molecule has 1 aromatic heterocycles. The lowest BCUT2D eigenvalue weighted by Crippen LogP contribution is -2.02. The van der Waals surface area contributed by atoms with Crippen molar-refractivity contribution in [2.24, 2.45) is 0 Å². The van der Waals surface area contributed by atoms with E-state index in [0.717, 1.165) is 0 Å². The number of rotatable bonds is 1. The molecular weight excluding hydrogens is 145 g/mol. The topological polar surface area (TPSA) is 51.8 Å². The molecule has 2 N–H and O–H groups in total. The van der Waals surface area contributed by atoms with Gasteiger partial charge in [0.1, 0.15) is 0 Å². The smallest absolute Gasteiger partial charge is 0.222 e. The summed E-state index contributed by atoms with van der Waals surface area (Å²) in [4.78, 5) is 7.08. The Kier molecular flexibility index (Phi) is 2.03. The average molecular weight is 155 g/mol. The minimum atomic E-state index is -0.521. The Labute approximate surface area is 64.5 Å².